The minimum Gasteiger partial charge on any atom is -0.381 e. The smallest absolute Gasteiger partial charge is 0.188 e. The van der Waals surface area contributed by atoms with Gasteiger partial charge in [0.15, 0.2) is 5.96 Å². The van der Waals surface area contributed by atoms with Crippen molar-refractivity contribution < 1.29 is 9.47 Å². The van der Waals surface area contributed by atoms with Crippen molar-refractivity contribution in [2.45, 2.75) is 19.3 Å². The van der Waals surface area contributed by atoms with Crippen molar-refractivity contribution >= 4 is 5.96 Å². The highest BCUT2D eigenvalue weighted by Crippen LogP contribution is 2.12. The van der Waals surface area contributed by atoms with Crippen LogP contribution >= 0.6 is 0 Å². The highest BCUT2D eigenvalue weighted by atomic mass is 16.5. The number of nitrogens with zero attached hydrogens (tertiary/aromatic N) is 2. The Morgan fingerprint density at radius 2 is 2.45 bits per heavy atom. The quantitative estimate of drug-likeness (QED) is 0.404. The SMILES string of the molecule is NC(=NCCCOCC1CCOC1)NCCc1ccccn1. The van der Waals surface area contributed by atoms with Gasteiger partial charge in [-0.15, -0.1) is 0 Å². The number of nitrogens with two attached hydrogens (primary N) is 1. The topological polar surface area (TPSA) is 81.8 Å². The molecule has 3 N–H and O–H groups in total. The van der Waals surface area contributed by atoms with Gasteiger partial charge in [0, 0.05) is 50.5 Å². The number of aromatic nitrogens is 1. The molecule has 1 unspecified atom stereocenters. The van der Waals surface area contributed by atoms with Crippen LogP contribution in [0.1, 0.15) is 18.5 Å². The highest BCUT2D eigenvalue weighted by Gasteiger charge is 2.14. The Bertz CT molecular complexity index is 433. The van der Waals surface area contributed by atoms with E-state index in [0.29, 0.717) is 18.4 Å². The molecular weight excluding hydrogens is 280 g/mol. The van der Waals surface area contributed by atoms with Crippen LogP contribution in [0.5, 0.6) is 0 Å². The fraction of sp³-hybridized carbons (Fsp3) is 0.625. The first kappa shape index (κ1) is 16.7. The molecule has 0 spiro atoms. The van der Waals surface area contributed by atoms with Crippen LogP contribution in [0, 0.1) is 5.92 Å². The summed E-state index contributed by atoms with van der Waals surface area (Å²) < 4.78 is 10.9. The molecule has 0 amide bonds. The summed E-state index contributed by atoms with van der Waals surface area (Å²) in [6.07, 6.45) is 4.63. The van der Waals surface area contributed by atoms with Crippen molar-refractivity contribution in [3.63, 3.8) is 0 Å². The first-order valence-electron chi connectivity index (χ1n) is 7.94. The van der Waals surface area contributed by atoms with Gasteiger partial charge in [-0.1, -0.05) is 6.07 Å². The molecule has 6 nitrogen and oxygen atoms in total. The predicted octanol–water partition coefficient (Wildman–Crippen LogP) is 0.972. The number of guanidine groups is 1. The predicted molar refractivity (Wildman–Crippen MR) is 86.8 cm³/mol. The summed E-state index contributed by atoms with van der Waals surface area (Å²) in [4.78, 5) is 8.54. The van der Waals surface area contributed by atoms with E-state index in [0.717, 1.165) is 57.9 Å². The van der Waals surface area contributed by atoms with Gasteiger partial charge in [-0.05, 0) is 25.0 Å². The Morgan fingerprint density at radius 3 is 3.23 bits per heavy atom. The van der Waals surface area contributed by atoms with E-state index in [-0.39, 0.29) is 0 Å². The molecular formula is C16H26N4O2. The number of rotatable bonds is 9. The normalized spacial score (nSPS) is 18.5. The first-order chi connectivity index (χ1) is 10.8. The number of ether oxygens (including phenoxy) is 2. The van der Waals surface area contributed by atoms with E-state index in [9.17, 15) is 0 Å². The van der Waals surface area contributed by atoms with E-state index < -0.39 is 0 Å². The molecule has 1 atom stereocenters. The Balaban J connectivity index is 1.46. The van der Waals surface area contributed by atoms with Crippen LogP contribution in [0.2, 0.25) is 0 Å². The summed E-state index contributed by atoms with van der Waals surface area (Å²) in [7, 11) is 0. The standard InChI is InChI=1S/C16H26N4O2/c17-16(20-9-5-15-4-1-2-7-18-15)19-8-3-10-21-12-14-6-11-22-13-14/h1-2,4,7,14H,3,5-6,8-13H2,(H3,17,19,20). The van der Waals surface area contributed by atoms with E-state index >= 15 is 0 Å². The van der Waals surface area contributed by atoms with Gasteiger partial charge in [-0.2, -0.15) is 0 Å². The molecule has 1 aliphatic rings. The van der Waals surface area contributed by atoms with Gasteiger partial charge in [0.2, 0.25) is 0 Å². The van der Waals surface area contributed by atoms with Crippen molar-refractivity contribution in [1.82, 2.24) is 10.3 Å². The van der Waals surface area contributed by atoms with Crippen LogP contribution in [0.3, 0.4) is 0 Å². The van der Waals surface area contributed by atoms with E-state index in [1.165, 1.54) is 0 Å². The van der Waals surface area contributed by atoms with E-state index in [4.69, 9.17) is 15.2 Å². The van der Waals surface area contributed by atoms with Crippen molar-refractivity contribution in [2.75, 3.05) is 39.5 Å². The lowest BCUT2D eigenvalue weighted by Crippen LogP contribution is -2.33. The monoisotopic (exact) mass is 306 g/mol. The van der Waals surface area contributed by atoms with Crippen molar-refractivity contribution in [2.24, 2.45) is 16.6 Å². The van der Waals surface area contributed by atoms with Gasteiger partial charge in [0.25, 0.3) is 0 Å². The zero-order valence-corrected chi connectivity index (χ0v) is 13.0. The fourth-order valence-corrected chi connectivity index (χ4v) is 2.25. The first-order valence-corrected chi connectivity index (χ1v) is 7.94. The van der Waals surface area contributed by atoms with Crippen molar-refractivity contribution in [1.29, 1.82) is 0 Å². The minimum atomic E-state index is 0.486. The van der Waals surface area contributed by atoms with Gasteiger partial charge in [-0.3, -0.25) is 9.98 Å². The molecule has 122 valence electrons. The van der Waals surface area contributed by atoms with E-state index in [1.807, 2.05) is 18.2 Å². The van der Waals surface area contributed by atoms with E-state index in [1.54, 1.807) is 6.20 Å². The molecule has 0 aliphatic carbocycles. The summed E-state index contributed by atoms with van der Waals surface area (Å²) in [5, 5.41) is 3.10. The van der Waals surface area contributed by atoms with Crippen LogP contribution in [0.25, 0.3) is 0 Å². The average Bonchev–Trinajstić information content (AvgIpc) is 3.05. The molecule has 1 aromatic heterocycles. The third-order valence-corrected chi connectivity index (χ3v) is 3.52. The Hall–Kier alpha value is -1.66. The van der Waals surface area contributed by atoms with Gasteiger partial charge in [0.1, 0.15) is 0 Å². The molecule has 1 aliphatic heterocycles. The average molecular weight is 306 g/mol. The summed E-state index contributed by atoms with van der Waals surface area (Å²) in [6, 6.07) is 5.90. The Kier molecular flexibility index (Phi) is 7.69. The molecule has 0 saturated carbocycles. The highest BCUT2D eigenvalue weighted by molar-refractivity contribution is 5.77. The summed E-state index contributed by atoms with van der Waals surface area (Å²) in [5.74, 6) is 1.06. The molecule has 1 fully saturated rings. The van der Waals surface area contributed by atoms with E-state index in [2.05, 4.69) is 15.3 Å². The molecule has 1 aromatic rings. The summed E-state index contributed by atoms with van der Waals surface area (Å²) in [6.45, 7) is 4.65. The number of pyridine rings is 1. The van der Waals surface area contributed by atoms with Crippen molar-refractivity contribution in [3.05, 3.63) is 30.1 Å². The number of hydrogen-bond donors (Lipinski definition) is 2. The van der Waals surface area contributed by atoms with Crippen LogP contribution in [0.15, 0.2) is 29.4 Å². The Labute approximate surface area is 132 Å². The number of aliphatic imine (C=N–C) groups is 1. The number of hydrogen-bond acceptors (Lipinski definition) is 4. The van der Waals surface area contributed by atoms with Gasteiger partial charge in [-0.25, -0.2) is 0 Å². The molecule has 6 heteroatoms. The van der Waals surface area contributed by atoms with Crippen LogP contribution < -0.4 is 11.1 Å². The lowest BCUT2D eigenvalue weighted by Gasteiger charge is -2.08. The molecule has 2 rings (SSSR count). The summed E-state index contributed by atoms with van der Waals surface area (Å²) >= 11 is 0. The molecule has 22 heavy (non-hydrogen) atoms. The maximum absolute atomic E-state index is 5.81. The lowest BCUT2D eigenvalue weighted by molar-refractivity contribution is 0.0893. The molecule has 0 bridgehead atoms. The maximum Gasteiger partial charge on any atom is 0.188 e. The van der Waals surface area contributed by atoms with Crippen LogP contribution in [-0.2, 0) is 15.9 Å². The summed E-state index contributed by atoms with van der Waals surface area (Å²) in [5.41, 5.74) is 6.86. The minimum absolute atomic E-state index is 0.486. The second-order valence-corrected chi connectivity index (χ2v) is 5.42. The van der Waals surface area contributed by atoms with Gasteiger partial charge in [0.05, 0.1) is 13.2 Å². The van der Waals surface area contributed by atoms with Crippen LogP contribution in [-0.4, -0.2) is 50.5 Å². The van der Waals surface area contributed by atoms with Gasteiger partial charge < -0.3 is 20.5 Å². The third kappa shape index (κ3) is 6.87. The van der Waals surface area contributed by atoms with Gasteiger partial charge >= 0.3 is 0 Å². The molecule has 0 aromatic carbocycles. The zero-order valence-electron chi connectivity index (χ0n) is 13.0. The third-order valence-electron chi connectivity index (χ3n) is 3.52. The lowest BCUT2D eigenvalue weighted by atomic mass is 10.1. The van der Waals surface area contributed by atoms with Crippen molar-refractivity contribution in [3.8, 4) is 0 Å². The fourth-order valence-electron chi connectivity index (χ4n) is 2.25. The molecule has 1 saturated heterocycles. The maximum atomic E-state index is 5.81. The molecule has 2 heterocycles. The number of nitrogens with one attached hydrogen (secondary N) is 1. The largest absolute Gasteiger partial charge is 0.381 e. The second-order valence-electron chi connectivity index (χ2n) is 5.42. The van der Waals surface area contributed by atoms with Crippen LogP contribution in [0.4, 0.5) is 0 Å². The molecule has 0 radical (unpaired) electrons. The second kappa shape index (κ2) is 10.1. The Morgan fingerprint density at radius 1 is 1.50 bits per heavy atom. The zero-order chi connectivity index (χ0) is 15.5.